The van der Waals surface area contributed by atoms with Crippen molar-refractivity contribution in [1.82, 2.24) is 0 Å². The molecule has 0 heterocycles. The standard InChI is InChI=1S/C20H22FNO5/c1-12-5-7-15(10-17(12)21)22-20(24)13(2)27-19(23)9-14-6-8-16(25-3)11-18(14)26-4/h5-8,10-11,13H,9H2,1-4H3,(H,22,24)/t13-/m0/s1. The Kier molecular flexibility index (Phi) is 6.76. The highest BCUT2D eigenvalue weighted by Gasteiger charge is 2.19. The van der Waals surface area contributed by atoms with E-state index in [1.54, 1.807) is 37.3 Å². The monoisotopic (exact) mass is 375 g/mol. The van der Waals surface area contributed by atoms with Gasteiger partial charge in [-0.25, -0.2) is 4.39 Å². The lowest BCUT2D eigenvalue weighted by Crippen LogP contribution is -2.30. The van der Waals surface area contributed by atoms with Gasteiger partial charge in [0.25, 0.3) is 5.91 Å². The maximum absolute atomic E-state index is 13.6. The molecule has 1 amide bonds. The zero-order valence-electron chi connectivity index (χ0n) is 15.7. The molecule has 0 spiro atoms. The molecule has 0 radical (unpaired) electrons. The number of benzene rings is 2. The van der Waals surface area contributed by atoms with E-state index in [-0.39, 0.29) is 6.42 Å². The van der Waals surface area contributed by atoms with Gasteiger partial charge in [-0.2, -0.15) is 0 Å². The molecule has 2 rings (SSSR count). The highest BCUT2D eigenvalue weighted by Crippen LogP contribution is 2.25. The molecule has 0 bridgehead atoms. The Morgan fingerprint density at radius 2 is 1.85 bits per heavy atom. The molecule has 1 atom stereocenters. The predicted molar refractivity (Wildman–Crippen MR) is 98.6 cm³/mol. The Morgan fingerprint density at radius 1 is 1.11 bits per heavy atom. The summed E-state index contributed by atoms with van der Waals surface area (Å²) in [5.41, 5.74) is 1.38. The Balaban J connectivity index is 1.96. The van der Waals surface area contributed by atoms with E-state index in [9.17, 15) is 14.0 Å². The number of carbonyl (C=O) groups is 2. The minimum Gasteiger partial charge on any atom is -0.497 e. The topological polar surface area (TPSA) is 73.9 Å². The number of halogens is 1. The molecule has 2 aromatic rings. The number of aryl methyl sites for hydroxylation is 1. The second kappa shape index (κ2) is 9.02. The molecule has 6 nitrogen and oxygen atoms in total. The smallest absolute Gasteiger partial charge is 0.311 e. The van der Waals surface area contributed by atoms with Gasteiger partial charge in [0, 0.05) is 17.3 Å². The number of ether oxygens (including phenoxy) is 3. The van der Waals surface area contributed by atoms with Crippen LogP contribution in [-0.2, 0) is 20.7 Å². The fraction of sp³-hybridized carbons (Fsp3) is 0.300. The lowest BCUT2D eigenvalue weighted by atomic mass is 10.1. The van der Waals surface area contributed by atoms with Crippen LogP contribution in [0.25, 0.3) is 0 Å². The summed E-state index contributed by atoms with van der Waals surface area (Å²) in [6, 6.07) is 9.39. The number of anilines is 1. The van der Waals surface area contributed by atoms with Crippen molar-refractivity contribution < 1.29 is 28.2 Å². The van der Waals surface area contributed by atoms with Crippen LogP contribution in [0.1, 0.15) is 18.1 Å². The van der Waals surface area contributed by atoms with Crippen LogP contribution in [0.4, 0.5) is 10.1 Å². The van der Waals surface area contributed by atoms with Gasteiger partial charge in [0.05, 0.1) is 20.6 Å². The van der Waals surface area contributed by atoms with Gasteiger partial charge in [0.2, 0.25) is 0 Å². The summed E-state index contributed by atoms with van der Waals surface area (Å²) in [6.45, 7) is 3.07. The van der Waals surface area contributed by atoms with Crippen LogP contribution in [0.5, 0.6) is 11.5 Å². The van der Waals surface area contributed by atoms with E-state index in [2.05, 4.69) is 5.32 Å². The summed E-state index contributed by atoms with van der Waals surface area (Å²) in [6.07, 6.45) is -1.10. The number of amides is 1. The summed E-state index contributed by atoms with van der Waals surface area (Å²) in [5.74, 6) is -0.478. The average Bonchev–Trinajstić information content (AvgIpc) is 2.64. The molecule has 7 heteroatoms. The van der Waals surface area contributed by atoms with Crippen molar-refractivity contribution in [3.8, 4) is 11.5 Å². The van der Waals surface area contributed by atoms with E-state index < -0.39 is 23.8 Å². The highest BCUT2D eigenvalue weighted by molar-refractivity contribution is 5.95. The molecular weight excluding hydrogens is 353 g/mol. The van der Waals surface area contributed by atoms with Gasteiger partial charge < -0.3 is 19.5 Å². The van der Waals surface area contributed by atoms with Crippen LogP contribution in [0, 0.1) is 12.7 Å². The second-order valence-electron chi connectivity index (χ2n) is 5.94. The predicted octanol–water partition coefficient (Wildman–Crippen LogP) is 3.26. The van der Waals surface area contributed by atoms with Crippen molar-refractivity contribution in [2.75, 3.05) is 19.5 Å². The minimum atomic E-state index is -1.04. The first-order chi connectivity index (χ1) is 12.8. The number of methoxy groups -OCH3 is 2. The zero-order valence-corrected chi connectivity index (χ0v) is 15.7. The largest absolute Gasteiger partial charge is 0.497 e. The SMILES string of the molecule is COc1ccc(CC(=O)O[C@@H](C)C(=O)Nc2ccc(C)c(F)c2)c(OC)c1. The highest BCUT2D eigenvalue weighted by atomic mass is 19.1. The molecule has 27 heavy (non-hydrogen) atoms. The third-order valence-corrected chi connectivity index (χ3v) is 3.95. The van der Waals surface area contributed by atoms with E-state index >= 15 is 0 Å². The van der Waals surface area contributed by atoms with E-state index in [1.165, 1.54) is 27.2 Å². The summed E-state index contributed by atoms with van der Waals surface area (Å²) in [4.78, 5) is 24.3. The first-order valence-corrected chi connectivity index (χ1v) is 8.31. The van der Waals surface area contributed by atoms with Gasteiger partial charge in [-0.1, -0.05) is 12.1 Å². The van der Waals surface area contributed by atoms with Crippen LogP contribution in [-0.4, -0.2) is 32.2 Å². The number of rotatable bonds is 7. The van der Waals surface area contributed by atoms with E-state index in [0.717, 1.165) is 0 Å². The van der Waals surface area contributed by atoms with Crippen molar-refractivity contribution >= 4 is 17.6 Å². The maximum atomic E-state index is 13.6. The quantitative estimate of drug-likeness (QED) is 0.752. The number of carbonyl (C=O) groups excluding carboxylic acids is 2. The van der Waals surface area contributed by atoms with Crippen molar-refractivity contribution in [2.24, 2.45) is 0 Å². The van der Waals surface area contributed by atoms with Gasteiger partial charge in [-0.15, -0.1) is 0 Å². The second-order valence-corrected chi connectivity index (χ2v) is 5.94. The molecule has 144 valence electrons. The Bertz CT molecular complexity index is 837. The average molecular weight is 375 g/mol. The molecule has 0 fully saturated rings. The summed E-state index contributed by atoms with van der Waals surface area (Å²) in [5, 5.41) is 2.52. The molecule has 0 unspecified atom stereocenters. The van der Waals surface area contributed by atoms with E-state index in [1.807, 2.05) is 0 Å². The number of nitrogens with one attached hydrogen (secondary N) is 1. The van der Waals surface area contributed by atoms with Gasteiger partial charge >= 0.3 is 5.97 Å². The lowest BCUT2D eigenvalue weighted by molar-refractivity contribution is -0.152. The number of esters is 1. The Morgan fingerprint density at radius 3 is 2.48 bits per heavy atom. The fourth-order valence-electron chi connectivity index (χ4n) is 2.36. The molecule has 0 saturated heterocycles. The first kappa shape index (κ1) is 20.2. The Hall–Kier alpha value is -3.09. The summed E-state index contributed by atoms with van der Waals surface area (Å²) in [7, 11) is 3.02. The van der Waals surface area contributed by atoms with Crippen molar-refractivity contribution in [2.45, 2.75) is 26.4 Å². The van der Waals surface area contributed by atoms with Gasteiger partial charge in [-0.05, 0) is 37.6 Å². The number of hydrogen-bond acceptors (Lipinski definition) is 5. The molecule has 0 aliphatic carbocycles. The molecule has 1 N–H and O–H groups in total. The Labute approximate surface area is 157 Å². The molecular formula is C20H22FNO5. The van der Waals surface area contributed by atoms with Crippen LogP contribution in [0.2, 0.25) is 0 Å². The maximum Gasteiger partial charge on any atom is 0.311 e. The molecule has 0 aromatic heterocycles. The van der Waals surface area contributed by atoms with Crippen LogP contribution >= 0.6 is 0 Å². The molecule has 0 saturated carbocycles. The molecule has 0 aliphatic heterocycles. The minimum absolute atomic E-state index is 0.0655. The van der Waals surface area contributed by atoms with Gasteiger partial charge in [0.1, 0.15) is 17.3 Å². The van der Waals surface area contributed by atoms with Crippen molar-refractivity contribution in [1.29, 1.82) is 0 Å². The van der Waals surface area contributed by atoms with Crippen molar-refractivity contribution in [3.63, 3.8) is 0 Å². The van der Waals surface area contributed by atoms with Crippen LogP contribution < -0.4 is 14.8 Å². The van der Waals surface area contributed by atoms with Gasteiger partial charge in [-0.3, -0.25) is 9.59 Å². The zero-order chi connectivity index (χ0) is 20.0. The first-order valence-electron chi connectivity index (χ1n) is 8.31. The normalized spacial score (nSPS) is 11.4. The van der Waals surface area contributed by atoms with Crippen LogP contribution in [0.15, 0.2) is 36.4 Å². The summed E-state index contributed by atoms with van der Waals surface area (Å²) < 4.78 is 29.1. The fourth-order valence-corrected chi connectivity index (χ4v) is 2.36. The third kappa shape index (κ3) is 5.44. The third-order valence-electron chi connectivity index (χ3n) is 3.95. The van der Waals surface area contributed by atoms with E-state index in [4.69, 9.17) is 14.2 Å². The van der Waals surface area contributed by atoms with Crippen LogP contribution in [0.3, 0.4) is 0 Å². The van der Waals surface area contributed by atoms with Crippen molar-refractivity contribution in [3.05, 3.63) is 53.3 Å². The summed E-state index contributed by atoms with van der Waals surface area (Å²) >= 11 is 0. The lowest BCUT2D eigenvalue weighted by Gasteiger charge is -2.15. The molecule has 0 aliphatic rings. The van der Waals surface area contributed by atoms with Gasteiger partial charge in [0.15, 0.2) is 6.10 Å². The number of hydrogen-bond donors (Lipinski definition) is 1. The van der Waals surface area contributed by atoms with E-state index in [0.29, 0.717) is 28.3 Å². The molecule has 2 aromatic carbocycles.